The molecule has 2 atom stereocenters. The molecule has 0 aromatic heterocycles. The van der Waals surface area contributed by atoms with Crippen LogP contribution in [0.15, 0.2) is 5.18 Å². The van der Waals surface area contributed by atoms with Gasteiger partial charge in [0, 0.05) is 5.92 Å². The predicted molar refractivity (Wildman–Crippen MR) is 45.7 cm³/mol. The number of nitroso groups, excluding NO2 is 1. The fourth-order valence-electron chi connectivity index (χ4n) is 1.69. The number of nitrogens with two attached hydrogens (primary N) is 1. The summed E-state index contributed by atoms with van der Waals surface area (Å²) < 4.78 is 0. The van der Waals surface area contributed by atoms with Gasteiger partial charge in [-0.15, -0.1) is 0 Å². The second-order valence-corrected chi connectivity index (χ2v) is 3.30. The lowest BCUT2D eigenvalue weighted by Gasteiger charge is -2.23. The predicted octanol–water partition coefficient (Wildman–Crippen LogP) is 0.223. The number of primary amides is 1. The largest absolute Gasteiger partial charge is 0.369 e. The third-order valence-corrected chi connectivity index (χ3v) is 2.43. The van der Waals surface area contributed by atoms with Crippen molar-refractivity contribution in [3.63, 3.8) is 0 Å². The molecule has 1 aliphatic rings. The van der Waals surface area contributed by atoms with Crippen molar-refractivity contribution in [1.29, 1.82) is 0 Å². The first-order valence-electron chi connectivity index (χ1n) is 4.29. The monoisotopic (exact) mass is 184 g/mol. The lowest BCUT2D eigenvalue weighted by molar-refractivity contribution is -0.136. The maximum atomic E-state index is 11.5. The smallest absolute Gasteiger partial charge is 0.228 e. The summed E-state index contributed by atoms with van der Waals surface area (Å²) in [4.78, 5) is 32.2. The second-order valence-electron chi connectivity index (χ2n) is 3.30. The van der Waals surface area contributed by atoms with Gasteiger partial charge < -0.3 is 5.73 Å². The summed E-state index contributed by atoms with van der Waals surface area (Å²) in [5.74, 6) is -1.87. The first-order valence-corrected chi connectivity index (χ1v) is 4.29. The molecule has 1 saturated carbocycles. The van der Waals surface area contributed by atoms with Gasteiger partial charge in [-0.3, -0.25) is 9.59 Å². The number of Topliss-reactive ketones (excluding diaryl/α,β-unsaturated/α-hetero) is 1. The van der Waals surface area contributed by atoms with Crippen LogP contribution in [0.4, 0.5) is 0 Å². The molecule has 1 fully saturated rings. The summed E-state index contributed by atoms with van der Waals surface area (Å²) in [6, 6.07) is 0. The van der Waals surface area contributed by atoms with E-state index in [1.807, 2.05) is 0 Å². The van der Waals surface area contributed by atoms with Gasteiger partial charge in [-0.05, 0) is 12.8 Å². The van der Waals surface area contributed by atoms with Crippen LogP contribution in [-0.2, 0) is 9.59 Å². The molecule has 5 nitrogen and oxygen atoms in total. The Morgan fingerprint density at radius 1 is 1.54 bits per heavy atom. The van der Waals surface area contributed by atoms with E-state index in [4.69, 9.17) is 5.73 Å². The highest BCUT2D eigenvalue weighted by atomic mass is 16.3. The Labute approximate surface area is 75.6 Å². The van der Waals surface area contributed by atoms with Gasteiger partial charge in [-0.1, -0.05) is 11.6 Å². The van der Waals surface area contributed by atoms with E-state index in [9.17, 15) is 14.5 Å². The summed E-state index contributed by atoms with van der Waals surface area (Å²) in [5, 5.41) is 2.68. The van der Waals surface area contributed by atoms with Crippen molar-refractivity contribution in [3.05, 3.63) is 4.91 Å². The Balaban J connectivity index is 2.65. The molecule has 0 aromatic carbocycles. The summed E-state index contributed by atoms with van der Waals surface area (Å²) in [7, 11) is 0. The van der Waals surface area contributed by atoms with Gasteiger partial charge in [0.2, 0.25) is 5.91 Å². The van der Waals surface area contributed by atoms with E-state index in [1.165, 1.54) is 0 Å². The Hall–Kier alpha value is -1.26. The fraction of sp³-hybridized carbons (Fsp3) is 0.750. The van der Waals surface area contributed by atoms with Crippen LogP contribution in [0.5, 0.6) is 0 Å². The minimum absolute atomic E-state index is 0.0252. The lowest BCUT2D eigenvalue weighted by atomic mass is 9.80. The molecule has 2 N–H and O–H groups in total. The molecule has 0 aromatic rings. The highest BCUT2D eigenvalue weighted by molar-refractivity contribution is 6.02. The first-order chi connectivity index (χ1) is 6.16. The van der Waals surface area contributed by atoms with Crippen LogP contribution in [0, 0.1) is 16.7 Å². The first kappa shape index (κ1) is 9.83. The van der Waals surface area contributed by atoms with E-state index in [2.05, 4.69) is 5.18 Å². The van der Waals surface area contributed by atoms with Crippen molar-refractivity contribution < 1.29 is 9.59 Å². The van der Waals surface area contributed by atoms with Crippen LogP contribution in [0.3, 0.4) is 0 Å². The zero-order valence-corrected chi connectivity index (χ0v) is 7.23. The molecule has 0 aliphatic heterocycles. The molecule has 0 spiro atoms. The quantitative estimate of drug-likeness (QED) is 0.502. The van der Waals surface area contributed by atoms with Crippen molar-refractivity contribution in [2.75, 3.05) is 6.54 Å². The Kier molecular flexibility index (Phi) is 3.11. The molecule has 1 rings (SSSR count). The SMILES string of the molecule is NC(=O)C1CCCC(CN=O)C1=O. The molecule has 1 aliphatic carbocycles. The molecule has 0 bridgehead atoms. The maximum absolute atomic E-state index is 11.5. The minimum atomic E-state index is -0.694. The van der Waals surface area contributed by atoms with Gasteiger partial charge in [0.15, 0.2) is 0 Å². The average Bonchev–Trinajstić information content (AvgIpc) is 2.08. The number of carbonyl (C=O) groups excluding carboxylic acids is 2. The van der Waals surface area contributed by atoms with Gasteiger partial charge in [0.25, 0.3) is 0 Å². The third-order valence-electron chi connectivity index (χ3n) is 2.43. The van der Waals surface area contributed by atoms with Crippen molar-refractivity contribution >= 4 is 11.7 Å². The van der Waals surface area contributed by atoms with Crippen molar-refractivity contribution in [2.24, 2.45) is 22.7 Å². The van der Waals surface area contributed by atoms with Crippen molar-refractivity contribution in [2.45, 2.75) is 19.3 Å². The highest BCUT2D eigenvalue weighted by Gasteiger charge is 2.34. The van der Waals surface area contributed by atoms with Gasteiger partial charge in [-0.25, -0.2) is 0 Å². The topological polar surface area (TPSA) is 89.6 Å². The fourth-order valence-corrected chi connectivity index (χ4v) is 1.69. The van der Waals surface area contributed by atoms with Crippen molar-refractivity contribution in [1.82, 2.24) is 0 Å². The number of amides is 1. The van der Waals surface area contributed by atoms with E-state index < -0.39 is 11.8 Å². The van der Waals surface area contributed by atoms with Gasteiger partial charge in [0.05, 0.1) is 12.5 Å². The van der Waals surface area contributed by atoms with E-state index in [0.29, 0.717) is 12.8 Å². The molecule has 0 saturated heterocycles. The third kappa shape index (κ3) is 2.11. The van der Waals surface area contributed by atoms with Crippen LogP contribution in [0.2, 0.25) is 0 Å². The van der Waals surface area contributed by atoms with Crippen LogP contribution < -0.4 is 5.73 Å². The number of hydrogen-bond donors (Lipinski definition) is 1. The van der Waals surface area contributed by atoms with E-state index in [0.717, 1.165) is 6.42 Å². The maximum Gasteiger partial charge on any atom is 0.228 e. The normalized spacial score (nSPS) is 28.5. The minimum Gasteiger partial charge on any atom is -0.369 e. The van der Waals surface area contributed by atoms with Crippen molar-refractivity contribution in [3.8, 4) is 0 Å². The molecule has 1 amide bonds. The van der Waals surface area contributed by atoms with Crippen LogP contribution in [0.1, 0.15) is 19.3 Å². The molecule has 13 heavy (non-hydrogen) atoms. The second kappa shape index (κ2) is 4.11. The summed E-state index contributed by atoms with van der Waals surface area (Å²) >= 11 is 0. The number of rotatable bonds is 3. The zero-order valence-electron chi connectivity index (χ0n) is 7.23. The van der Waals surface area contributed by atoms with E-state index in [1.54, 1.807) is 0 Å². The summed E-state index contributed by atoms with van der Waals surface area (Å²) in [6.07, 6.45) is 1.93. The van der Waals surface area contributed by atoms with E-state index in [-0.39, 0.29) is 18.2 Å². The lowest BCUT2D eigenvalue weighted by Crippen LogP contribution is -2.38. The molecule has 72 valence electrons. The molecular formula is C8H12N2O3. The molecular weight excluding hydrogens is 172 g/mol. The van der Waals surface area contributed by atoms with Crippen LogP contribution in [0.25, 0.3) is 0 Å². The Morgan fingerprint density at radius 2 is 2.23 bits per heavy atom. The standard InChI is InChI=1S/C8H12N2O3/c9-8(12)6-3-1-2-5(4-10-13)7(6)11/h5-6H,1-4H2,(H2,9,12). The summed E-state index contributed by atoms with van der Waals surface area (Å²) in [6.45, 7) is -0.0252. The number of ketones is 1. The van der Waals surface area contributed by atoms with Gasteiger partial charge in [0.1, 0.15) is 5.78 Å². The highest BCUT2D eigenvalue weighted by Crippen LogP contribution is 2.25. The van der Waals surface area contributed by atoms with Crippen LogP contribution in [-0.4, -0.2) is 18.2 Å². The molecule has 5 heteroatoms. The number of carbonyl (C=O) groups is 2. The van der Waals surface area contributed by atoms with Crippen LogP contribution >= 0.6 is 0 Å². The molecule has 0 heterocycles. The van der Waals surface area contributed by atoms with Gasteiger partial charge in [-0.2, -0.15) is 4.91 Å². The average molecular weight is 184 g/mol. The Bertz CT molecular complexity index is 240. The zero-order chi connectivity index (χ0) is 9.84. The molecule has 2 unspecified atom stereocenters. The van der Waals surface area contributed by atoms with Gasteiger partial charge >= 0.3 is 0 Å². The van der Waals surface area contributed by atoms with E-state index >= 15 is 0 Å². The number of hydrogen-bond acceptors (Lipinski definition) is 4. The Morgan fingerprint density at radius 3 is 2.77 bits per heavy atom. The summed E-state index contributed by atoms with van der Waals surface area (Å²) in [5.41, 5.74) is 5.05. The molecule has 0 radical (unpaired) electrons. The number of nitrogens with zero attached hydrogens (tertiary/aromatic N) is 1.